The van der Waals surface area contributed by atoms with Gasteiger partial charge in [-0.15, -0.1) is 0 Å². The van der Waals surface area contributed by atoms with E-state index in [0.29, 0.717) is 18.7 Å². The molecular weight excluding hydrogens is 362 g/mol. The van der Waals surface area contributed by atoms with Gasteiger partial charge in [0.25, 0.3) is 0 Å². The third-order valence-corrected chi connectivity index (χ3v) is 5.61. The van der Waals surface area contributed by atoms with Crippen LogP contribution in [0.4, 0.5) is 0 Å². The number of hydrogen-bond acceptors (Lipinski definition) is 2. The highest BCUT2D eigenvalue weighted by molar-refractivity contribution is 7.80. The van der Waals surface area contributed by atoms with Gasteiger partial charge >= 0.3 is 0 Å². The van der Waals surface area contributed by atoms with E-state index in [9.17, 15) is 4.79 Å². The third kappa shape index (κ3) is 4.20. The van der Waals surface area contributed by atoms with Crippen LogP contribution in [-0.2, 0) is 17.8 Å². The van der Waals surface area contributed by atoms with E-state index < -0.39 is 0 Å². The molecule has 1 N–H and O–H groups in total. The number of nitrogens with one attached hydrogen (secondary N) is 1. The monoisotopic (exact) mass is 385 g/mol. The standard InChI is InChI=1S/C25H23NOS/c27-25(26-16-19-10-12-21-6-2-4-8-23(21)15-19)24(17-28)14-18-9-11-20-5-1-3-7-22(20)13-18/h1-13,15,24,28H,14,16-17H2,(H,26,27). The molecule has 2 nitrogen and oxygen atoms in total. The Morgan fingerprint density at radius 2 is 1.29 bits per heavy atom. The van der Waals surface area contributed by atoms with E-state index >= 15 is 0 Å². The van der Waals surface area contributed by atoms with Crippen molar-refractivity contribution in [3.8, 4) is 0 Å². The van der Waals surface area contributed by atoms with Gasteiger partial charge in [0, 0.05) is 12.3 Å². The van der Waals surface area contributed by atoms with Gasteiger partial charge < -0.3 is 5.32 Å². The first-order valence-electron chi connectivity index (χ1n) is 9.57. The van der Waals surface area contributed by atoms with Crippen molar-refractivity contribution in [3.05, 3.63) is 96.1 Å². The SMILES string of the molecule is O=C(NCc1ccc2ccccc2c1)C(CS)Cc1ccc2ccccc2c1. The van der Waals surface area contributed by atoms with Crippen molar-refractivity contribution in [2.45, 2.75) is 13.0 Å². The zero-order chi connectivity index (χ0) is 19.3. The lowest BCUT2D eigenvalue weighted by atomic mass is 9.97. The van der Waals surface area contributed by atoms with E-state index in [0.717, 1.165) is 5.56 Å². The van der Waals surface area contributed by atoms with Crippen molar-refractivity contribution in [2.24, 2.45) is 5.92 Å². The topological polar surface area (TPSA) is 29.1 Å². The molecule has 0 radical (unpaired) electrons. The summed E-state index contributed by atoms with van der Waals surface area (Å²) in [6.07, 6.45) is 0.692. The van der Waals surface area contributed by atoms with Crippen LogP contribution in [0.2, 0.25) is 0 Å². The van der Waals surface area contributed by atoms with E-state index in [2.05, 4.69) is 78.6 Å². The quantitative estimate of drug-likeness (QED) is 0.428. The average molecular weight is 386 g/mol. The summed E-state index contributed by atoms with van der Waals surface area (Å²) in [5, 5.41) is 7.91. The molecule has 3 heteroatoms. The maximum atomic E-state index is 12.7. The van der Waals surface area contributed by atoms with E-state index in [1.54, 1.807) is 0 Å². The van der Waals surface area contributed by atoms with Crippen LogP contribution in [-0.4, -0.2) is 11.7 Å². The molecule has 0 heterocycles. The summed E-state index contributed by atoms with van der Waals surface area (Å²) in [5.41, 5.74) is 2.27. The van der Waals surface area contributed by atoms with Crippen molar-refractivity contribution in [3.63, 3.8) is 0 Å². The minimum atomic E-state index is -0.148. The fourth-order valence-corrected chi connectivity index (χ4v) is 3.87. The summed E-state index contributed by atoms with van der Waals surface area (Å²) in [4.78, 5) is 12.7. The lowest BCUT2D eigenvalue weighted by Gasteiger charge is -2.15. The molecule has 140 valence electrons. The van der Waals surface area contributed by atoms with Gasteiger partial charge in [-0.1, -0.05) is 78.9 Å². The predicted molar refractivity (Wildman–Crippen MR) is 121 cm³/mol. The molecule has 0 saturated carbocycles. The number of carbonyl (C=O) groups is 1. The minimum absolute atomic E-state index is 0.0521. The Balaban J connectivity index is 1.42. The number of carbonyl (C=O) groups excluding carboxylic acids is 1. The van der Waals surface area contributed by atoms with Crippen molar-refractivity contribution in [2.75, 3.05) is 5.75 Å². The highest BCUT2D eigenvalue weighted by Gasteiger charge is 2.17. The third-order valence-electron chi connectivity index (χ3n) is 5.17. The zero-order valence-electron chi connectivity index (χ0n) is 15.6. The van der Waals surface area contributed by atoms with E-state index in [4.69, 9.17) is 0 Å². The summed E-state index contributed by atoms with van der Waals surface area (Å²) < 4.78 is 0. The number of benzene rings is 4. The first-order chi connectivity index (χ1) is 13.7. The van der Waals surface area contributed by atoms with Crippen LogP contribution in [0.15, 0.2) is 84.9 Å². The summed E-state index contributed by atoms with van der Waals surface area (Å²) in [6.45, 7) is 0.533. The van der Waals surface area contributed by atoms with E-state index in [1.165, 1.54) is 27.1 Å². The Morgan fingerprint density at radius 1 is 0.750 bits per heavy atom. The number of rotatable bonds is 6. The van der Waals surface area contributed by atoms with Gasteiger partial charge in [0.1, 0.15) is 0 Å². The molecule has 1 amide bonds. The molecule has 0 fully saturated rings. The predicted octanol–water partition coefficient (Wildman–Crippen LogP) is 5.40. The minimum Gasteiger partial charge on any atom is -0.352 e. The molecule has 1 atom stereocenters. The summed E-state index contributed by atoms with van der Waals surface area (Å²) >= 11 is 4.43. The molecule has 1 unspecified atom stereocenters. The van der Waals surface area contributed by atoms with Crippen molar-refractivity contribution in [1.82, 2.24) is 5.32 Å². The van der Waals surface area contributed by atoms with Gasteiger partial charge in [0.05, 0.1) is 5.92 Å². The van der Waals surface area contributed by atoms with Crippen LogP contribution in [0.5, 0.6) is 0 Å². The molecule has 0 saturated heterocycles. The van der Waals surface area contributed by atoms with Gasteiger partial charge in [-0.25, -0.2) is 0 Å². The first kappa shape index (κ1) is 18.6. The van der Waals surface area contributed by atoms with Crippen LogP contribution in [0, 0.1) is 5.92 Å². The van der Waals surface area contributed by atoms with Gasteiger partial charge in [-0.2, -0.15) is 12.6 Å². The molecule has 0 bridgehead atoms. The Morgan fingerprint density at radius 3 is 1.89 bits per heavy atom. The molecule has 28 heavy (non-hydrogen) atoms. The van der Waals surface area contributed by atoms with Gasteiger partial charge in [0.15, 0.2) is 0 Å². The van der Waals surface area contributed by atoms with Gasteiger partial charge in [-0.05, 0) is 45.2 Å². The number of fused-ring (bicyclic) bond motifs is 2. The van der Waals surface area contributed by atoms with Crippen molar-refractivity contribution >= 4 is 40.1 Å². The fourth-order valence-electron chi connectivity index (χ4n) is 3.57. The maximum Gasteiger partial charge on any atom is 0.224 e. The normalized spacial score (nSPS) is 12.2. The maximum absolute atomic E-state index is 12.7. The van der Waals surface area contributed by atoms with Crippen LogP contribution in [0.1, 0.15) is 11.1 Å². The highest BCUT2D eigenvalue weighted by atomic mass is 32.1. The van der Waals surface area contributed by atoms with Crippen LogP contribution < -0.4 is 5.32 Å². The summed E-state index contributed by atoms with van der Waals surface area (Å²) in [6, 6.07) is 29.2. The summed E-state index contributed by atoms with van der Waals surface area (Å²) in [7, 11) is 0. The molecule has 0 aromatic heterocycles. The largest absolute Gasteiger partial charge is 0.352 e. The zero-order valence-corrected chi connectivity index (χ0v) is 16.5. The Labute approximate surface area is 171 Å². The number of thiol groups is 1. The highest BCUT2D eigenvalue weighted by Crippen LogP contribution is 2.19. The Hall–Kier alpha value is -2.78. The van der Waals surface area contributed by atoms with Gasteiger partial charge in [0.2, 0.25) is 5.91 Å². The van der Waals surface area contributed by atoms with E-state index in [-0.39, 0.29) is 11.8 Å². The lowest BCUT2D eigenvalue weighted by molar-refractivity contribution is -0.124. The Bertz CT molecular complexity index is 1120. The number of amides is 1. The average Bonchev–Trinajstić information content (AvgIpc) is 2.75. The second-order valence-electron chi connectivity index (χ2n) is 7.16. The van der Waals surface area contributed by atoms with Crippen molar-refractivity contribution in [1.29, 1.82) is 0 Å². The van der Waals surface area contributed by atoms with Crippen LogP contribution in [0.25, 0.3) is 21.5 Å². The first-order valence-corrected chi connectivity index (χ1v) is 10.2. The molecular formula is C25H23NOS. The second-order valence-corrected chi connectivity index (χ2v) is 7.53. The smallest absolute Gasteiger partial charge is 0.224 e. The number of hydrogen-bond donors (Lipinski definition) is 2. The fraction of sp³-hybridized carbons (Fsp3) is 0.160. The Kier molecular flexibility index (Phi) is 5.63. The van der Waals surface area contributed by atoms with Crippen molar-refractivity contribution < 1.29 is 4.79 Å². The lowest BCUT2D eigenvalue weighted by Crippen LogP contribution is -2.32. The van der Waals surface area contributed by atoms with E-state index in [1.807, 2.05) is 24.3 Å². The molecule has 4 aromatic carbocycles. The van der Waals surface area contributed by atoms with Gasteiger partial charge in [-0.3, -0.25) is 4.79 Å². The molecule has 4 aromatic rings. The molecule has 4 rings (SSSR count). The van der Waals surface area contributed by atoms with Crippen LogP contribution in [0.3, 0.4) is 0 Å². The second kappa shape index (κ2) is 8.49. The van der Waals surface area contributed by atoms with Crippen LogP contribution >= 0.6 is 12.6 Å². The molecule has 0 spiro atoms. The molecule has 0 aliphatic carbocycles. The summed E-state index contributed by atoms with van der Waals surface area (Å²) in [5.74, 6) is 0.428. The molecule has 0 aliphatic heterocycles. The molecule has 0 aliphatic rings.